The van der Waals surface area contributed by atoms with Crippen molar-refractivity contribution >= 4 is 17.7 Å². The van der Waals surface area contributed by atoms with E-state index < -0.39 is 0 Å². The molecule has 0 aromatic heterocycles. The highest BCUT2D eigenvalue weighted by Crippen LogP contribution is 2.26. The number of hydrogen-bond donors (Lipinski definition) is 0. The molecule has 0 aliphatic carbocycles. The second kappa shape index (κ2) is 9.07. The molecule has 0 aromatic rings. The lowest BCUT2D eigenvalue weighted by Crippen LogP contribution is -2.51. The number of rotatable bonds is 4. The van der Waals surface area contributed by atoms with E-state index in [0.29, 0.717) is 32.0 Å². The molecule has 0 aromatic carbocycles. The lowest BCUT2D eigenvalue weighted by Gasteiger charge is -2.38. The second-order valence-electron chi connectivity index (χ2n) is 8.63. The molecular formula is C21H35N3O3. The zero-order valence-electron chi connectivity index (χ0n) is 17.0. The zero-order chi connectivity index (χ0) is 19.4. The van der Waals surface area contributed by atoms with Crippen LogP contribution in [0, 0.1) is 11.8 Å². The Morgan fingerprint density at radius 1 is 0.852 bits per heavy atom. The van der Waals surface area contributed by atoms with Gasteiger partial charge in [-0.1, -0.05) is 13.8 Å². The van der Waals surface area contributed by atoms with Crippen molar-refractivity contribution in [3.63, 3.8) is 0 Å². The minimum atomic E-state index is -0.278. The van der Waals surface area contributed by atoms with Gasteiger partial charge in [0.2, 0.25) is 17.7 Å². The fourth-order valence-corrected chi connectivity index (χ4v) is 4.88. The lowest BCUT2D eigenvalue weighted by molar-refractivity contribution is -0.146. The van der Waals surface area contributed by atoms with Gasteiger partial charge in [-0.25, -0.2) is 0 Å². The zero-order valence-corrected chi connectivity index (χ0v) is 17.0. The Kier molecular flexibility index (Phi) is 6.77. The second-order valence-corrected chi connectivity index (χ2v) is 8.63. The molecule has 0 bridgehead atoms. The highest BCUT2D eigenvalue weighted by molar-refractivity contribution is 5.88. The summed E-state index contributed by atoms with van der Waals surface area (Å²) in [6.07, 6.45) is 6.86. The maximum Gasteiger partial charge on any atom is 0.245 e. The Bertz CT molecular complexity index is 557. The predicted octanol–water partition coefficient (Wildman–Crippen LogP) is 2.27. The van der Waals surface area contributed by atoms with E-state index in [4.69, 9.17) is 0 Å². The standard InChI is InChI=1S/C21H35N3O3/c1-3-6-19(25)24-12-5-8-18(24)21(27)22-13-9-17(10-14-22)20(26)23-11-4-7-16(2)15-23/h16-18H,3-15H2,1-2H3. The molecule has 3 saturated heterocycles. The number of piperidine rings is 2. The van der Waals surface area contributed by atoms with Crippen LogP contribution in [0.5, 0.6) is 0 Å². The number of likely N-dealkylation sites (tertiary alicyclic amines) is 3. The Morgan fingerprint density at radius 2 is 1.56 bits per heavy atom. The molecule has 3 rings (SSSR count). The van der Waals surface area contributed by atoms with E-state index in [1.165, 1.54) is 6.42 Å². The van der Waals surface area contributed by atoms with E-state index in [9.17, 15) is 14.4 Å². The minimum Gasteiger partial charge on any atom is -0.342 e. The smallest absolute Gasteiger partial charge is 0.245 e. The van der Waals surface area contributed by atoms with Crippen LogP contribution in [0.2, 0.25) is 0 Å². The van der Waals surface area contributed by atoms with Crippen LogP contribution in [-0.4, -0.2) is 71.2 Å². The van der Waals surface area contributed by atoms with Gasteiger partial charge in [0.15, 0.2) is 0 Å². The van der Waals surface area contributed by atoms with Crippen LogP contribution in [0.1, 0.15) is 65.2 Å². The van der Waals surface area contributed by atoms with Gasteiger partial charge in [-0.3, -0.25) is 14.4 Å². The molecule has 3 fully saturated rings. The highest BCUT2D eigenvalue weighted by Gasteiger charge is 2.38. The largest absolute Gasteiger partial charge is 0.342 e. The first-order valence-corrected chi connectivity index (χ1v) is 10.9. The topological polar surface area (TPSA) is 60.9 Å². The predicted molar refractivity (Wildman–Crippen MR) is 104 cm³/mol. The molecule has 0 N–H and O–H groups in total. The van der Waals surface area contributed by atoms with Crippen molar-refractivity contribution in [1.29, 1.82) is 0 Å². The lowest BCUT2D eigenvalue weighted by atomic mass is 9.92. The van der Waals surface area contributed by atoms with Crippen molar-refractivity contribution in [3.05, 3.63) is 0 Å². The van der Waals surface area contributed by atoms with Crippen molar-refractivity contribution in [2.75, 3.05) is 32.7 Å². The van der Waals surface area contributed by atoms with Crippen LogP contribution < -0.4 is 0 Å². The van der Waals surface area contributed by atoms with Gasteiger partial charge in [-0.05, 0) is 50.9 Å². The summed E-state index contributed by atoms with van der Waals surface area (Å²) < 4.78 is 0. The van der Waals surface area contributed by atoms with E-state index in [1.54, 1.807) is 4.90 Å². The van der Waals surface area contributed by atoms with Crippen LogP contribution in [0.4, 0.5) is 0 Å². The third-order valence-electron chi connectivity index (χ3n) is 6.45. The molecule has 6 heteroatoms. The third kappa shape index (κ3) is 4.64. The summed E-state index contributed by atoms with van der Waals surface area (Å²) in [5.74, 6) is 1.14. The first kappa shape index (κ1) is 20.2. The van der Waals surface area contributed by atoms with Crippen LogP contribution in [0.25, 0.3) is 0 Å². The summed E-state index contributed by atoms with van der Waals surface area (Å²) in [7, 11) is 0. The first-order valence-electron chi connectivity index (χ1n) is 10.9. The van der Waals surface area contributed by atoms with Crippen molar-refractivity contribution in [1.82, 2.24) is 14.7 Å². The normalized spacial score (nSPS) is 27.1. The van der Waals surface area contributed by atoms with E-state index >= 15 is 0 Å². The SMILES string of the molecule is CCCC(=O)N1CCCC1C(=O)N1CCC(C(=O)N2CCCC(C)C2)CC1. The van der Waals surface area contributed by atoms with E-state index in [0.717, 1.165) is 51.6 Å². The first-order chi connectivity index (χ1) is 13.0. The molecule has 2 unspecified atom stereocenters. The molecule has 6 nitrogen and oxygen atoms in total. The van der Waals surface area contributed by atoms with Crippen LogP contribution >= 0.6 is 0 Å². The molecule has 0 radical (unpaired) electrons. The van der Waals surface area contributed by atoms with E-state index in [2.05, 4.69) is 6.92 Å². The molecule has 3 amide bonds. The van der Waals surface area contributed by atoms with Crippen LogP contribution in [-0.2, 0) is 14.4 Å². The molecule has 152 valence electrons. The van der Waals surface area contributed by atoms with Gasteiger partial charge in [0, 0.05) is 45.1 Å². The quantitative estimate of drug-likeness (QED) is 0.755. The average Bonchev–Trinajstić information content (AvgIpc) is 3.17. The van der Waals surface area contributed by atoms with Gasteiger partial charge >= 0.3 is 0 Å². The molecule has 2 atom stereocenters. The Hall–Kier alpha value is -1.59. The Morgan fingerprint density at radius 3 is 2.22 bits per heavy atom. The van der Waals surface area contributed by atoms with E-state index in [-0.39, 0.29) is 29.7 Å². The summed E-state index contributed by atoms with van der Waals surface area (Å²) in [6, 6.07) is -0.278. The van der Waals surface area contributed by atoms with Crippen LogP contribution in [0.15, 0.2) is 0 Å². The summed E-state index contributed by atoms with van der Waals surface area (Å²) in [5.41, 5.74) is 0. The highest BCUT2D eigenvalue weighted by atomic mass is 16.2. The third-order valence-corrected chi connectivity index (χ3v) is 6.45. The van der Waals surface area contributed by atoms with Gasteiger partial charge in [-0.2, -0.15) is 0 Å². The number of amides is 3. The van der Waals surface area contributed by atoms with E-state index in [1.807, 2.05) is 16.7 Å². The minimum absolute atomic E-state index is 0.0563. The maximum absolute atomic E-state index is 13.0. The fourth-order valence-electron chi connectivity index (χ4n) is 4.88. The van der Waals surface area contributed by atoms with Gasteiger partial charge in [0.05, 0.1) is 0 Å². The molecule has 3 heterocycles. The average molecular weight is 378 g/mol. The molecule has 27 heavy (non-hydrogen) atoms. The van der Waals surface area contributed by atoms with Gasteiger partial charge in [-0.15, -0.1) is 0 Å². The Balaban J connectivity index is 1.51. The molecule has 0 saturated carbocycles. The van der Waals surface area contributed by atoms with Gasteiger partial charge in [0.25, 0.3) is 0 Å². The number of carbonyl (C=O) groups is 3. The van der Waals surface area contributed by atoms with Crippen molar-refractivity contribution in [2.24, 2.45) is 11.8 Å². The van der Waals surface area contributed by atoms with Crippen LogP contribution in [0.3, 0.4) is 0 Å². The molecule has 3 aliphatic rings. The van der Waals surface area contributed by atoms with Crippen molar-refractivity contribution < 1.29 is 14.4 Å². The molecule has 0 spiro atoms. The Labute approximate surface area is 163 Å². The van der Waals surface area contributed by atoms with Crippen molar-refractivity contribution in [3.8, 4) is 0 Å². The number of nitrogens with zero attached hydrogens (tertiary/aromatic N) is 3. The summed E-state index contributed by atoms with van der Waals surface area (Å²) in [6.45, 7) is 7.98. The van der Waals surface area contributed by atoms with Gasteiger partial charge < -0.3 is 14.7 Å². The number of hydrogen-bond acceptors (Lipinski definition) is 3. The van der Waals surface area contributed by atoms with Gasteiger partial charge in [0.1, 0.15) is 6.04 Å². The fraction of sp³-hybridized carbons (Fsp3) is 0.857. The van der Waals surface area contributed by atoms with Crippen molar-refractivity contribution in [2.45, 2.75) is 71.3 Å². The maximum atomic E-state index is 13.0. The number of carbonyl (C=O) groups excluding carboxylic acids is 3. The molecular weight excluding hydrogens is 342 g/mol. The molecule has 3 aliphatic heterocycles. The summed E-state index contributed by atoms with van der Waals surface area (Å²) >= 11 is 0. The summed E-state index contributed by atoms with van der Waals surface area (Å²) in [4.78, 5) is 43.8. The monoisotopic (exact) mass is 377 g/mol. The summed E-state index contributed by atoms with van der Waals surface area (Å²) in [5, 5.41) is 0.